The average Bonchev–Trinajstić information content (AvgIpc) is 2.38. The Morgan fingerprint density at radius 1 is 1.15 bits per heavy atom. The van der Waals surface area contributed by atoms with Crippen LogP contribution in [0, 0.1) is 11.3 Å². The summed E-state index contributed by atoms with van der Waals surface area (Å²) in [5, 5.41) is 8.71. The molecule has 0 fully saturated rings. The summed E-state index contributed by atoms with van der Waals surface area (Å²) in [5.74, 6) is -0.148. The van der Waals surface area contributed by atoms with Crippen LogP contribution in [0.4, 0.5) is 5.69 Å². The molecule has 0 bridgehead atoms. The zero-order chi connectivity index (χ0) is 14.8. The summed E-state index contributed by atoms with van der Waals surface area (Å²) in [6.45, 7) is 0. The predicted molar refractivity (Wildman–Crippen MR) is 80.6 cm³/mol. The van der Waals surface area contributed by atoms with E-state index in [1.807, 2.05) is 6.07 Å². The Morgan fingerprint density at radius 3 is 2.35 bits per heavy atom. The molecule has 0 aliphatic rings. The first-order valence-electron chi connectivity index (χ1n) is 5.69. The van der Waals surface area contributed by atoms with Crippen LogP contribution in [0.1, 0.15) is 11.1 Å². The Bertz CT molecular complexity index is 778. The van der Waals surface area contributed by atoms with Crippen LogP contribution in [0.2, 0.25) is 0 Å². The summed E-state index contributed by atoms with van der Waals surface area (Å²) in [5.41, 5.74) is 7.08. The summed E-state index contributed by atoms with van der Waals surface area (Å²) in [7, 11) is -3.51. The van der Waals surface area contributed by atoms with Gasteiger partial charge in [-0.2, -0.15) is 5.26 Å². The lowest BCUT2D eigenvalue weighted by Crippen LogP contribution is -2.08. The second-order valence-electron chi connectivity index (χ2n) is 4.25. The number of hydrogen-bond acceptors (Lipinski definition) is 4. The second kappa shape index (κ2) is 5.65. The predicted octanol–water partition coefficient (Wildman–Crippen LogP) is 2.88. The van der Waals surface area contributed by atoms with Gasteiger partial charge >= 0.3 is 0 Å². The first kappa shape index (κ1) is 14.6. The number of benzene rings is 2. The summed E-state index contributed by atoms with van der Waals surface area (Å²) in [4.78, 5) is 0.116. The number of nitrogen functional groups attached to an aromatic ring is 1. The van der Waals surface area contributed by atoms with Gasteiger partial charge in [0, 0.05) is 4.47 Å². The first-order chi connectivity index (χ1) is 9.42. The van der Waals surface area contributed by atoms with Crippen molar-refractivity contribution < 1.29 is 8.42 Å². The van der Waals surface area contributed by atoms with E-state index in [1.165, 1.54) is 6.07 Å². The van der Waals surface area contributed by atoms with Gasteiger partial charge in [-0.25, -0.2) is 8.42 Å². The number of nitriles is 1. The van der Waals surface area contributed by atoms with Crippen molar-refractivity contribution in [1.82, 2.24) is 0 Å². The van der Waals surface area contributed by atoms with Crippen LogP contribution in [0.25, 0.3) is 0 Å². The Balaban J connectivity index is 2.33. The Morgan fingerprint density at radius 2 is 1.80 bits per heavy atom. The van der Waals surface area contributed by atoms with Gasteiger partial charge in [-0.1, -0.05) is 28.1 Å². The fourth-order valence-electron chi connectivity index (χ4n) is 1.78. The van der Waals surface area contributed by atoms with Crippen LogP contribution >= 0.6 is 15.9 Å². The molecule has 2 aromatic rings. The maximum Gasteiger partial charge on any atom is 0.184 e. The molecule has 0 amide bonds. The molecular formula is C14H11BrN2O2S. The summed E-state index contributed by atoms with van der Waals surface area (Å²) in [6.07, 6.45) is 0. The maximum atomic E-state index is 12.3. The molecule has 6 heteroatoms. The van der Waals surface area contributed by atoms with E-state index in [9.17, 15) is 8.42 Å². The number of nitrogens with zero attached hydrogens (tertiary/aromatic N) is 1. The first-order valence-corrected chi connectivity index (χ1v) is 8.14. The molecule has 0 saturated heterocycles. The zero-order valence-electron chi connectivity index (χ0n) is 10.4. The fourth-order valence-corrected chi connectivity index (χ4v) is 3.63. The highest BCUT2D eigenvalue weighted by Crippen LogP contribution is 2.25. The lowest BCUT2D eigenvalue weighted by molar-refractivity contribution is 0.595. The van der Waals surface area contributed by atoms with Crippen LogP contribution < -0.4 is 5.73 Å². The maximum absolute atomic E-state index is 12.3. The van der Waals surface area contributed by atoms with E-state index in [0.717, 1.165) is 4.47 Å². The van der Waals surface area contributed by atoms with E-state index in [-0.39, 0.29) is 16.3 Å². The molecule has 20 heavy (non-hydrogen) atoms. The molecule has 0 aliphatic heterocycles. The van der Waals surface area contributed by atoms with Crippen molar-refractivity contribution in [3.8, 4) is 6.07 Å². The van der Waals surface area contributed by atoms with Crippen LogP contribution in [0.3, 0.4) is 0 Å². The van der Waals surface area contributed by atoms with Crippen LogP contribution in [-0.4, -0.2) is 8.42 Å². The molecule has 2 N–H and O–H groups in total. The molecule has 0 radical (unpaired) electrons. The molecule has 0 heterocycles. The summed E-state index contributed by atoms with van der Waals surface area (Å²) < 4.78 is 25.4. The highest BCUT2D eigenvalue weighted by Gasteiger charge is 2.18. The summed E-state index contributed by atoms with van der Waals surface area (Å²) >= 11 is 3.24. The number of sulfone groups is 1. The van der Waals surface area contributed by atoms with Crippen molar-refractivity contribution in [2.45, 2.75) is 10.6 Å². The van der Waals surface area contributed by atoms with Gasteiger partial charge in [0.2, 0.25) is 0 Å². The third kappa shape index (κ3) is 3.18. The van der Waals surface area contributed by atoms with Crippen molar-refractivity contribution in [3.63, 3.8) is 0 Å². The second-order valence-corrected chi connectivity index (χ2v) is 7.12. The van der Waals surface area contributed by atoms with Crippen molar-refractivity contribution in [2.24, 2.45) is 0 Å². The summed E-state index contributed by atoms with van der Waals surface area (Å²) in [6, 6.07) is 13.1. The van der Waals surface area contributed by atoms with Gasteiger partial charge in [0.1, 0.15) is 0 Å². The van der Waals surface area contributed by atoms with Gasteiger partial charge in [0.15, 0.2) is 9.84 Å². The number of halogens is 1. The average molecular weight is 351 g/mol. The largest absolute Gasteiger partial charge is 0.398 e. The van der Waals surface area contributed by atoms with E-state index < -0.39 is 9.84 Å². The third-order valence-corrected chi connectivity index (χ3v) is 5.00. The van der Waals surface area contributed by atoms with Crippen molar-refractivity contribution >= 4 is 31.5 Å². The number of hydrogen-bond donors (Lipinski definition) is 1. The van der Waals surface area contributed by atoms with Gasteiger partial charge in [0.25, 0.3) is 0 Å². The number of anilines is 1. The van der Waals surface area contributed by atoms with Crippen LogP contribution in [-0.2, 0) is 15.6 Å². The van der Waals surface area contributed by atoms with E-state index >= 15 is 0 Å². The lowest BCUT2D eigenvalue weighted by atomic mass is 10.2. The van der Waals surface area contributed by atoms with E-state index in [2.05, 4.69) is 15.9 Å². The normalized spacial score (nSPS) is 11.0. The Hall–Kier alpha value is -1.84. The zero-order valence-corrected chi connectivity index (χ0v) is 12.8. The standard InChI is InChI=1S/C14H11BrN2O2S/c15-12-5-6-14(13(17)7-12)20(18,19)9-11-3-1-10(8-16)2-4-11/h1-7H,9,17H2. The SMILES string of the molecule is N#Cc1ccc(CS(=O)(=O)c2ccc(Br)cc2N)cc1. The topological polar surface area (TPSA) is 84.0 Å². The minimum absolute atomic E-state index is 0.116. The molecule has 0 aliphatic carbocycles. The Labute approximate surface area is 125 Å². The minimum atomic E-state index is -3.51. The molecule has 0 spiro atoms. The molecular weight excluding hydrogens is 340 g/mol. The molecule has 0 saturated carbocycles. The van der Waals surface area contributed by atoms with E-state index in [4.69, 9.17) is 11.0 Å². The lowest BCUT2D eigenvalue weighted by Gasteiger charge is -2.08. The molecule has 2 rings (SSSR count). The highest BCUT2D eigenvalue weighted by atomic mass is 79.9. The smallest absolute Gasteiger partial charge is 0.184 e. The van der Waals surface area contributed by atoms with Crippen molar-refractivity contribution in [1.29, 1.82) is 5.26 Å². The number of nitrogens with two attached hydrogens (primary N) is 1. The fraction of sp³-hybridized carbons (Fsp3) is 0.0714. The van der Waals surface area contributed by atoms with Gasteiger partial charge in [-0.3, -0.25) is 0 Å². The quantitative estimate of drug-likeness (QED) is 0.862. The van der Waals surface area contributed by atoms with Crippen molar-refractivity contribution in [2.75, 3.05) is 5.73 Å². The molecule has 0 atom stereocenters. The van der Waals surface area contributed by atoms with Crippen molar-refractivity contribution in [3.05, 3.63) is 58.1 Å². The van der Waals surface area contributed by atoms with Crippen LogP contribution in [0.5, 0.6) is 0 Å². The van der Waals surface area contributed by atoms with Crippen LogP contribution in [0.15, 0.2) is 51.8 Å². The molecule has 0 aromatic heterocycles. The van der Waals surface area contributed by atoms with Gasteiger partial charge in [-0.15, -0.1) is 0 Å². The van der Waals surface area contributed by atoms with Gasteiger partial charge in [0.05, 0.1) is 28.0 Å². The minimum Gasteiger partial charge on any atom is -0.398 e. The van der Waals surface area contributed by atoms with E-state index in [0.29, 0.717) is 11.1 Å². The molecule has 4 nitrogen and oxygen atoms in total. The third-order valence-electron chi connectivity index (χ3n) is 2.75. The monoisotopic (exact) mass is 350 g/mol. The highest BCUT2D eigenvalue weighted by molar-refractivity contribution is 9.10. The van der Waals surface area contributed by atoms with Gasteiger partial charge in [-0.05, 0) is 35.9 Å². The van der Waals surface area contributed by atoms with E-state index in [1.54, 1.807) is 36.4 Å². The molecule has 102 valence electrons. The molecule has 2 aromatic carbocycles. The Kier molecular flexibility index (Phi) is 4.12. The van der Waals surface area contributed by atoms with Gasteiger partial charge < -0.3 is 5.73 Å². The number of rotatable bonds is 3. The molecule has 0 unspecified atom stereocenters.